The third-order valence-electron chi connectivity index (χ3n) is 6.84. The predicted molar refractivity (Wildman–Crippen MR) is 162 cm³/mol. The monoisotopic (exact) mass is 523 g/mol. The summed E-state index contributed by atoms with van der Waals surface area (Å²) >= 11 is 0. The smallest absolute Gasteiger partial charge is 0.293 e. The summed E-state index contributed by atoms with van der Waals surface area (Å²) in [5, 5.41) is 6.63. The summed E-state index contributed by atoms with van der Waals surface area (Å²) < 4.78 is 6.97. The molecular formula is C32H37N5O2. The molecule has 7 heteroatoms. The van der Waals surface area contributed by atoms with Crippen LogP contribution >= 0.6 is 0 Å². The van der Waals surface area contributed by atoms with E-state index in [1.165, 1.54) is 10.1 Å². The Labute approximate surface area is 230 Å². The van der Waals surface area contributed by atoms with Gasteiger partial charge < -0.3 is 25.7 Å². The topological polar surface area (TPSA) is 94.2 Å². The van der Waals surface area contributed by atoms with Crippen LogP contribution in [-0.2, 0) is 19.0 Å². The number of nitrogens with zero attached hydrogens (tertiary/aromatic N) is 2. The van der Waals surface area contributed by atoms with E-state index in [4.69, 9.17) is 15.5 Å². The molecule has 4 N–H and O–H groups in total. The van der Waals surface area contributed by atoms with E-state index in [2.05, 4.69) is 62.2 Å². The van der Waals surface area contributed by atoms with E-state index in [9.17, 15) is 4.79 Å². The van der Waals surface area contributed by atoms with Crippen molar-refractivity contribution in [1.29, 1.82) is 0 Å². The van der Waals surface area contributed by atoms with Crippen LogP contribution in [0.3, 0.4) is 0 Å². The lowest BCUT2D eigenvalue weighted by Gasteiger charge is -2.20. The maximum absolute atomic E-state index is 12.9. The molecule has 0 aliphatic heterocycles. The van der Waals surface area contributed by atoms with Crippen molar-refractivity contribution in [1.82, 2.24) is 9.55 Å². The zero-order valence-corrected chi connectivity index (χ0v) is 23.6. The van der Waals surface area contributed by atoms with Crippen molar-refractivity contribution in [3.63, 3.8) is 0 Å². The largest absolute Gasteiger partial charge is 0.496 e. The average molecular weight is 524 g/mol. The Kier molecular flexibility index (Phi) is 7.93. The molecule has 0 radical (unpaired) electrons. The maximum atomic E-state index is 12.9. The highest BCUT2D eigenvalue weighted by molar-refractivity contribution is 5.81. The average Bonchev–Trinajstić information content (AvgIpc) is 2.91. The normalized spacial score (nSPS) is 11.3. The van der Waals surface area contributed by atoms with E-state index >= 15 is 0 Å². The highest BCUT2D eigenvalue weighted by atomic mass is 16.5. The summed E-state index contributed by atoms with van der Waals surface area (Å²) in [5.41, 5.74) is 13.8. The van der Waals surface area contributed by atoms with Crippen molar-refractivity contribution >= 4 is 22.9 Å². The van der Waals surface area contributed by atoms with E-state index in [0.717, 1.165) is 33.6 Å². The van der Waals surface area contributed by atoms with Crippen LogP contribution in [0.25, 0.3) is 17.0 Å². The minimum Gasteiger partial charge on any atom is -0.496 e. The van der Waals surface area contributed by atoms with Gasteiger partial charge >= 0.3 is 0 Å². The zero-order chi connectivity index (χ0) is 28.3. The fraction of sp³-hybridized carbons (Fsp3) is 0.250. The van der Waals surface area contributed by atoms with Crippen LogP contribution < -0.4 is 26.7 Å². The molecule has 0 amide bonds. The third-order valence-corrected chi connectivity index (χ3v) is 6.84. The lowest BCUT2D eigenvalue weighted by molar-refractivity contribution is 0.410. The van der Waals surface area contributed by atoms with Crippen molar-refractivity contribution in [2.45, 2.75) is 39.7 Å². The third kappa shape index (κ3) is 6.04. The number of nitrogens with one attached hydrogen (secondary N) is 2. The summed E-state index contributed by atoms with van der Waals surface area (Å²) in [5.74, 6) is 0.872. The molecule has 202 valence electrons. The Morgan fingerprint density at radius 3 is 2.46 bits per heavy atom. The van der Waals surface area contributed by atoms with Crippen molar-refractivity contribution in [2.75, 3.05) is 17.7 Å². The minimum absolute atomic E-state index is 0.0920. The van der Waals surface area contributed by atoms with Gasteiger partial charge in [0.2, 0.25) is 0 Å². The van der Waals surface area contributed by atoms with Crippen LogP contribution in [0.5, 0.6) is 5.75 Å². The molecule has 1 heterocycles. The molecule has 0 aliphatic rings. The van der Waals surface area contributed by atoms with Gasteiger partial charge in [-0.3, -0.25) is 4.79 Å². The second-order valence-corrected chi connectivity index (χ2v) is 10.7. The van der Waals surface area contributed by atoms with Crippen LogP contribution in [0.15, 0.2) is 78.2 Å². The number of benzene rings is 3. The number of methoxy groups -OCH3 is 1. The first-order chi connectivity index (χ1) is 18.5. The van der Waals surface area contributed by atoms with Crippen LogP contribution in [0.1, 0.15) is 43.0 Å². The molecule has 4 aromatic rings. The minimum atomic E-state index is -0.236. The number of hydrogen-bond donors (Lipinski definition) is 3. The zero-order valence-electron chi connectivity index (χ0n) is 23.6. The SMILES string of the molecule is C=C(Nc1cccc(-c2cn(C)c(=O)c(Nc3ccc(CN)c(OC)c3)n2)c1C)c1ccc(C(C)(C)C)cc1. The van der Waals surface area contributed by atoms with Crippen molar-refractivity contribution in [3.8, 4) is 17.0 Å². The fourth-order valence-electron chi connectivity index (χ4n) is 4.40. The Hall–Kier alpha value is -4.36. The Morgan fingerprint density at radius 2 is 1.82 bits per heavy atom. The van der Waals surface area contributed by atoms with E-state index in [1.54, 1.807) is 20.4 Å². The Morgan fingerprint density at radius 1 is 1.10 bits per heavy atom. The molecule has 3 aromatic carbocycles. The van der Waals surface area contributed by atoms with Crippen molar-refractivity contribution < 1.29 is 4.74 Å². The Bertz CT molecular complexity index is 1560. The van der Waals surface area contributed by atoms with E-state index in [0.29, 0.717) is 23.7 Å². The predicted octanol–water partition coefficient (Wildman–Crippen LogP) is 6.35. The number of aromatic nitrogens is 2. The van der Waals surface area contributed by atoms with Crippen molar-refractivity contribution in [3.05, 3.63) is 106 Å². The fourth-order valence-corrected chi connectivity index (χ4v) is 4.40. The Balaban J connectivity index is 1.63. The molecule has 7 nitrogen and oxygen atoms in total. The van der Waals surface area contributed by atoms with Gasteiger partial charge in [-0.15, -0.1) is 0 Å². The van der Waals surface area contributed by atoms with E-state index < -0.39 is 0 Å². The van der Waals surface area contributed by atoms with E-state index in [1.807, 2.05) is 43.3 Å². The van der Waals surface area contributed by atoms with Crippen LogP contribution in [0.4, 0.5) is 17.2 Å². The van der Waals surface area contributed by atoms with Gasteiger partial charge in [0.05, 0.1) is 12.8 Å². The molecule has 0 unspecified atom stereocenters. The van der Waals surface area contributed by atoms with Gasteiger partial charge in [0, 0.05) is 54.1 Å². The molecule has 39 heavy (non-hydrogen) atoms. The first-order valence-corrected chi connectivity index (χ1v) is 12.9. The van der Waals surface area contributed by atoms with E-state index in [-0.39, 0.29) is 16.8 Å². The first kappa shape index (κ1) is 27.7. The van der Waals surface area contributed by atoms with Gasteiger partial charge in [0.25, 0.3) is 5.56 Å². The number of anilines is 3. The molecule has 0 atom stereocenters. The number of rotatable bonds is 8. The molecule has 0 aliphatic carbocycles. The molecule has 0 fully saturated rings. The molecular weight excluding hydrogens is 486 g/mol. The standard InChI is InChI=1S/C32H37N5O2/c1-20-26(9-8-10-27(20)34-21(2)22-11-14-24(15-12-22)32(3,4)5)28-19-37(6)31(38)30(36-28)35-25-16-13-23(18-33)29(17-25)39-7/h8-17,19,34H,2,18,33H2,1,3-7H3,(H,35,36). The number of aryl methyl sites for hydroxylation is 1. The van der Waals surface area contributed by atoms with Gasteiger partial charge in [-0.2, -0.15) is 0 Å². The summed E-state index contributed by atoms with van der Waals surface area (Å²) in [7, 11) is 3.31. The number of nitrogens with two attached hydrogens (primary N) is 1. The highest BCUT2D eigenvalue weighted by Crippen LogP contribution is 2.31. The molecule has 0 spiro atoms. The quantitative estimate of drug-likeness (QED) is 0.249. The van der Waals surface area contributed by atoms with Gasteiger partial charge in [0.1, 0.15) is 5.75 Å². The number of hydrogen-bond acceptors (Lipinski definition) is 6. The molecule has 0 bridgehead atoms. The summed E-state index contributed by atoms with van der Waals surface area (Å²) in [6.07, 6.45) is 1.75. The van der Waals surface area contributed by atoms with Crippen LogP contribution in [0.2, 0.25) is 0 Å². The summed E-state index contributed by atoms with van der Waals surface area (Å²) in [4.78, 5) is 17.6. The van der Waals surface area contributed by atoms with Gasteiger partial charge in [-0.25, -0.2) is 4.98 Å². The van der Waals surface area contributed by atoms with Crippen molar-refractivity contribution in [2.24, 2.45) is 12.8 Å². The highest BCUT2D eigenvalue weighted by Gasteiger charge is 2.15. The molecule has 1 aromatic heterocycles. The summed E-state index contributed by atoms with van der Waals surface area (Å²) in [6.45, 7) is 13.3. The van der Waals surface area contributed by atoms with Gasteiger partial charge in [0.15, 0.2) is 5.82 Å². The van der Waals surface area contributed by atoms with Gasteiger partial charge in [-0.1, -0.05) is 69.8 Å². The first-order valence-electron chi connectivity index (χ1n) is 12.9. The maximum Gasteiger partial charge on any atom is 0.293 e. The molecule has 0 saturated carbocycles. The van der Waals surface area contributed by atoms with Crippen LogP contribution in [-0.4, -0.2) is 16.7 Å². The number of ether oxygens (including phenoxy) is 1. The van der Waals surface area contributed by atoms with Gasteiger partial charge in [-0.05, 0) is 41.2 Å². The van der Waals surface area contributed by atoms with Crippen LogP contribution in [0, 0.1) is 6.92 Å². The lowest BCUT2D eigenvalue weighted by atomic mass is 9.86. The molecule has 4 rings (SSSR count). The molecule has 0 saturated heterocycles. The lowest BCUT2D eigenvalue weighted by Crippen LogP contribution is -2.21. The summed E-state index contributed by atoms with van der Waals surface area (Å²) in [6, 6.07) is 20.0. The second kappa shape index (κ2) is 11.2. The second-order valence-electron chi connectivity index (χ2n) is 10.7.